The van der Waals surface area contributed by atoms with Crippen molar-refractivity contribution >= 4 is 11.7 Å². The summed E-state index contributed by atoms with van der Waals surface area (Å²) in [7, 11) is 0. The molecule has 1 saturated heterocycles. The standard InChI is InChI=1S/C16H24N2O2/c1-11(2)13-4-6-14(7-5-13)17-16(20)18-9-8-12(3)15(19)10-18/h4-7,11-12,15,19H,8-10H2,1-3H3,(H,17,20). The number of amides is 2. The number of rotatable bonds is 2. The predicted octanol–water partition coefficient (Wildman–Crippen LogP) is 3.04. The highest BCUT2D eigenvalue weighted by Crippen LogP contribution is 2.20. The van der Waals surface area contributed by atoms with Crippen LogP contribution in [0.4, 0.5) is 10.5 Å². The van der Waals surface area contributed by atoms with E-state index in [1.54, 1.807) is 4.90 Å². The number of urea groups is 1. The maximum atomic E-state index is 12.1. The van der Waals surface area contributed by atoms with Crippen molar-refractivity contribution in [2.45, 2.75) is 39.2 Å². The second-order valence-electron chi connectivity index (χ2n) is 5.99. The Bertz CT molecular complexity index is 456. The maximum absolute atomic E-state index is 12.1. The van der Waals surface area contributed by atoms with Gasteiger partial charge in [0.2, 0.25) is 0 Å². The number of aliphatic hydroxyl groups excluding tert-OH is 1. The zero-order valence-electron chi connectivity index (χ0n) is 12.5. The number of benzene rings is 1. The molecule has 2 amide bonds. The van der Waals surface area contributed by atoms with Gasteiger partial charge in [-0.15, -0.1) is 0 Å². The van der Waals surface area contributed by atoms with E-state index in [0.29, 0.717) is 19.0 Å². The Balaban J connectivity index is 1.94. The highest BCUT2D eigenvalue weighted by atomic mass is 16.3. The van der Waals surface area contributed by atoms with Crippen molar-refractivity contribution in [3.63, 3.8) is 0 Å². The topological polar surface area (TPSA) is 52.6 Å². The number of piperidine rings is 1. The Labute approximate surface area is 120 Å². The molecule has 1 fully saturated rings. The van der Waals surface area contributed by atoms with Crippen LogP contribution < -0.4 is 5.32 Å². The van der Waals surface area contributed by atoms with Gasteiger partial charge >= 0.3 is 6.03 Å². The molecule has 2 atom stereocenters. The molecule has 2 rings (SSSR count). The summed E-state index contributed by atoms with van der Waals surface area (Å²) in [6, 6.07) is 7.79. The van der Waals surface area contributed by atoms with Crippen molar-refractivity contribution in [3.8, 4) is 0 Å². The Morgan fingerprint density at radius 1 is 1.35 bits per heavy atom. The normalized spacial score (nSPS) is 22.9. The summed E-state index contributed by atoms with van der Waals surface area (Å²) in [6.45, 7) is 7.42. The fraction of sp³-hybridized carbons (Fsp3) is 0.562. The SMILES string of the molecule is CC(C)c1ccc(NC(=O)N2CCC(C)C(O)C2)cc1. The van der Waals surface area contributed by atoms with Crippen molar-refractivity contribution in [3.05, 3.63) is 29.8 Å². The van der Waals surface area contributed by atoms with Crippen molar-refractivity contribution in [2.24, 2.45) is 5.92 Å². The minimum atomic E-state index is -0.419. The monoisotopic (exact) mass is 276 g/mol. The third-order valence-electron chi connectivity index (χ3n) is 4.03. The first kappa shape index (κ1) is 14.9. The molecule has 0 spiro atoms. The number of β-amino-alcohol motifs (C(OH)–C–C–N with tert-alkyl or cyclic N) is 1. The van der Waals surface area contributed by atoms with E-state index < -0.39 is 6.10 Å². The fourth-order valence-corrected chi connectivity index (χ4v) is 2.39. The van der Waals surface area contributed by atoms with Crippen LogP contribution in [0.15, 0.2) is 24.3 Å². The van der Waals surface area contributed by atoms with Gasteiger partial charge in [0.05, 0.1) is 6.10 Å². The number of hydrogen-bond acceptors (Lipinski definition) is 2. The van der Waals surface area contributed by atoms with E-state index in [1.165, 1.54) is 5.56 Å². The van der Waals surface area contributed by atoms with Gasteiger partial charge < -0.3 is 15.3 Å². The van der Waals surface area contributed by atoms with Crippen molar-refractivity contribution < 1.29 is 9.90 Å². The average Bonchev–Trinajstić information content (AvgIpc) is 2.42. The lowest BCUT2D eigenvalue weighted by Gasteiger charge is -2.34. The van der Waals surface area contributed by atoms with Gasteiger partial charge in [-0.3, -0.25) is 0 Å². The van der Waals surface area contributed by atoms with Gasteiger partial charge in [-0.25, -0.2) is 4.79 Å². The van der Waals surface area contributed by atoms with Gasteiger partial charge in [-0.1, -0.05) is 32.9 Å². The second kappa shape index (κ2) is 6.27. The van der Waals surface area contributed by atoms with Crippen LogP contribution >= 0.6 is 0 Å². The molecule has 20 heavy (non-hydrogen) atoms. The molecule has 0 aromatic heterocycles. The molecular weight excluding hydrogens is 252 g/mol. The first-order chi connectivity index (χ1) is 9.47. The lowest BCUT2D eigenvalue weighted by Crippen LogP contribution is -2.47. The highest BCUT2D eigenvalue weighted by molar-refractivity contribution is 5.89. The molecule has 1 aliphatic rings. The maximum Gasteiger partial charge on any atom is 0.321 e. The molecule has 4 heteroatoms. The van der Waals surface area contributed by atoms with Crippen LogP contribution in [0.3, 0.4) is 0 Å². The van der Waals surface area contributed by atoms with Crippen LogP contribution in [0.25, 0.3) is 0 Å². The zero-order chi connectivity index (χ0) is 14.7. The van der Waals surface area contributed by atoms with Gasteiger partial charge in [-0.2, -0.15) is 0 Å². The van der Waals surface area contributed by atoms with Crippen LogP contribution in [-0.2, 0) is 0 Å². The van der Waals surface area contributed by atoms with Gasteiger partial charge in [0.25, 0.3) is 0 Å². The number of nitrogens with zero attached hydrogens (tertiary/aromatic N) is 1. The molecule has 0 saturated carbocycles. The van der Waals surface area contributed by atoms with Gasteiger partial charge in [-0.05, 0) is 36.0 Å². The molecule has 1 aromatic rings. The lowest BCUT2D eigenvalue weighted by atomic mass is 9.96. The molecule has 1 heterocycles. The number of hydrogen-bond donors (Lipinski definition) is 2. The number of likely N-dealkylation sites (tertiary alicyclic amines) is 1. The van der Waals surface area contributed by atoms with E-state index in [-0.39, 0.29) is 11.9 Å². The molecule has 110 valence electrons. The fourth-order valence-electron chi connectivity index (χ4n) is 2.39. The minimum absolute atomic E-state index is 0.131. The Morgan fingerprint density at radius 3 is 2.55 bits per heavy atom. The first-order valence-corrected chi connectivity index (χ1v) is 7.31. The zero-order valence-corrected chi connectivity index (χ0v) is 12.5. The third-order valence-corrected chi connectivity index (χ3v) is 4.03. The quantitative estimate of drug-likeness (QED) is 0.872. The largest absolute Gasteiger partial charge is 0.391 e. The number of nitrogens with one attached hydrogen (secondary N) is 1. The van der Waals surface area contributed by atoms with Crippen LogP contribution in [0, 0.1) is 5.92 Å². The molecule has 0 bridgehead atoms. The second-order valence-corrected chi connectivity index (χ2v) is 5.99. The summed E-state index contributed by atoms with van der Waals surface area (Å²) < 4.78 is 0. The van der Waals surface area contributed by atoms with Crippen molar-refractivity contribution in [1.82, 2.24) is 4.90 Å². The number of carbonyl (C=O) groups is 1. The van der Waals surface area contributed by atoms with Crippen LogP contribution in [0.5, 0.6) is 0 Å². The molecule has 2 N–H and O–H groups in total. The molecule has 2 unspecified atom stereocenters. The first-order valence-electron chi connectivity index (χ1n) is 7.31. The Hall–Kier alpha value is -1.55. The third kappa shape index (κ3) is 3.51. The molecule has 1 aromatic carbocycles. The van der Waals surface area contributed by atoms with Crippen LogP contribution in [0.1, 0.15) is 38.7 Å². The van der Waals surface area contributed by atoms with E-state index in [9.17, 15) is 9.90 Å². The average molecular weight is 276 g/mol. The van der Waals surface area contributed by atoms with Crippen LogP contribution in [-0.4, -0.2) is 35.2 Å². The smallest absolute Gasteiger partial charge is 0.321 e. The summed E-state index contributed by atoms with van der Waals surface area (Å²) >= 11 is 0. The molecule has 1 aliphatic heterocycles. The summed E-state index contributed by atoms with van der Waals surface area (Å²) in [6.07, 6.45) is 0.429. The van der Waals surface area contributed by atoms with E-state index in [1.807, 2.05) is 31.2 Å². The highest BCUT2D eigenvalue weighted by Gasteiger charge is 2.27. The summed E-state index contributed by atoms with van der Waals surface area (Å²) in [5, 5.41) is 12.7. The van der Waals surface area contributed by atoms with Crippen LogP contribution in [0.2, 0.25) is 0 Å². The van der Waals surface area contributed by atoms with Gasteiger partial charge in [0.15, 0.2) is 0 Å². The number of carbonyl (C=O) groups excluding carboxylic acids is 1. The molecular formula is C16H24N2O2. The lowest BCUT2D eigenvalue weighted by molar-refractivity contribution is 0.0464. The summed E-state index contributed by atoms with van der Waals surface area (Å²) in [5.41, 5.74) is 2.05. The minimum Gasteiger partial charge on any atom is -0.391 e. The molecule has 4 nitrogen and oxygen atoms in total. The van der Waals surface area contributed by atoms with Crippen molar-refractivity contribution in [1.29, 1.82) is 0 Å². The number of aliphatic hydroxyl groups is 1. The summed E-state index contributed by atoms with van der Waals surface area (Å²) in [5.74, 6) is 0.753. The molecule has 0 radical (unpaired) electrons. The molecule has 0 aliphatic carbocycles. The van der Waals surface area contributed by atoms with Crippen molar-refractivity contribution in [2.75, 3.05) is 18.4 Å². The van der Waals surface area contributed by atoms with Gasteiger partial charge in [0.1, 0.15) is 0 Å². The Morgan fingerprint density at radius 2 is 2.00 bits per heavy atom. The van der Waals surface area contributed by atoms with Gasteiger partial charge in [0, 0.05) is 18.8 Å². The summed E-state index contributed by atoms with van der Waals surface area (Å²) in [4.78, 5) is 13.8. The van der Waals surface area contributed by atoms with E-state index in [4.69, 9.17) is 0 Å². The Kier molecular flexibility index (Phi) is 4.65. The van der Waals surface area contributed by atoms with E-state index >= 15 is 0 Å². The van der Waals surface area contributed by atoms with E-state index in [0.717, 1.165) is 12.1 Å². The number of anilines is 1. The van der Waals surface area contributed by atoms with E-state index in [2.05, 4.69) is 19.2 Å². The predicted molar refractivity (Wildman–Crippen MR) is 80.9 cm³/mol.